The molecule has 0 saturated heterocycles. The summed E-state index contributed by atoms with van der Waals surface area (Å²) in [4.78, 5) is 16.3. The molecule has 0 unspecified atom stereocenters. The topological polar surface area (TPSA) is 78.4 Å². The molecule has 25 heavy (non-hydrogen) atoms. The third-order valence-electron chi connectivity index (χ3n) is 3.61. The lowest BCUT2D eigenvalue weighted by Gasteiger charge is -2.11. The minimum absolute atomic E-state index is 0.343. The smallest absolute Gasteiger partial charge is 0.249 e. The van der Waals surface area contributed by atoms with Crippen molar-refractivity contribution < 1.29 is 13.9 Å². The Kier molecular flexibility index (Phi) is 5.00. The zero-order valence-electron chi connectivity index (χ0n) is 13.4. The third kappa shape index (κ3) is 3.80. The lowest BCUT2D eigenvalue weighted by Crippen LogP contribution is -2.13. The van der Waals surface area contributed by atoms with Crippen LogP contribution >= 0.6 is 15.9 Å². The molecule has 0 saturated carbocycles. The molecular weight excluding hydrogens is 384 g/mol. The number of methoxy groups -OCH3 is 1. The number of primary amides is 1. The van der Waals surface area contributed by atoms with Gasteiger partial charge in [-0.05, 0) is 64.0 Å². The summed E-state index contributed by atoms with van der Waals surface area (Å²) < 4.78 is 11.6. The van der Waals surface area contributed by atoms with E-state index in [-0.39, 0.29) is 0 Å². The lowest BCUT2D eigenvalue weighted by atomic mass is 9.99. The number of halogens is 1. The van der Waals surface area contributed by atoms with Crippen molar-refractivity contribution in [3.8, 4) is 17.0 Å². The maximum absolute atomic E-state index is 11.9. The second kappa shape index (κ2) is 7.36. The normalized spacial score (nSPS) is 11.4. The van der Waals surface area contributed by atoms with Gasteiger partial charge in [-0.2, -0.15) is 0 Å². The zero-order chi connectivity index (χ0) is 17.8. The number of furan rings is 1. The van der Waals surface area contributed by atoms with Crippen molar-refractivity contribution in [3.05, 3.63) is 70.7 Å². The summed E-state index contributed by atoms with van der Waals surface area (Å²) >= 11 is 3.37. The monoisotopic (exact) mass is 398 g/mol. The summed E-state index contributed by atoms with van der Waals surface area (Å²) in [6, 6.07) is 12.6. The number of benzene rings is 1. The van der Waals surface area contributed by atoms with Crippen LogP contribution in [0.5, 0.6) is 5.75 Å². The van der Waals surface area contributed by atoms with Crippen LogP contribution in [0.3, 0.4) is 0 Å². The standard InChI is InChI=1S/C19H15BrN2O3/c1-24-18-7-4-12(9-16(18)17-6-5-13(20)11-22-17)15(19(21)23)10-14-3-2-8-25-14/h2-11H,1H3,(H2,21,23). The number of hydrogen-bond donors (Lipinski definition) is 1. The summed E-state index contributed by atoms with van der Waals surface area (Å²) in [5.41, 5.74) is 8.05. The molecule has 3 rings (SSSR count). The van der Waals surface area contributed by atoms with Crippen LogP contribution < -0.4 is 10.5 Å². The van der Waals surface area contributed by atoms with Crippen LogP contribution in [0.15, 0.2) is 63.8 Å². The Labute approximate surface area is 153 Å². The van der Waals surface area contributed by atoms with Crippen LogP contribution in [-0.2, 0) is 4.79 Å². The van der Waals surface area contributed by atoms with Crippen molar-refractivity contribution in [1.82, 2.24) is 4.98 Å². The number of aromatic nitrogens is 1. The van der Waals surface area contributed by atoms with Gasteiger partial charge in [0, 0.05) is 16.2 Å². The highest BCUT2D eigenvalue weighted by Gasteiger charge is 2.14. The summed E-state index contributed by atoms with van der Waals surface area (Å²) in [5.74, 6) is 0.657. The van der Waals surface area contributed by atoms with Crippen LogP contribution in [-0.4, -0.2) is 18.0 Å². The predicted molar refractivity (Wildman–Crippen MR) is 99.7 cm³/mol. The maximum Gasteiger partial charge on any atom is 0.249 e. The van der Waals surface area contributed by atoms with Crippen molar-refractivity contribution >= 4 is 33.5 Å². The summed E-state index contributed by atoms with van der Waals surface area (Å²) in [6.45, 7) is 0. The van der Waals surface area contributed by atoms with E-state index < -0.39 is 5.91 Å². The number of ether oxygens (including phenoxy) is 1. The number of nitrogens with zero attached hydrogens (tertiary/aromatic N) is 1. The van der Waals surface area contributed by atoms with E-state index in [9.17, 15) is 4.79 Å². The molecule has 0 fully saturated rings. The minimum Gasteiger partial charge on any atom is -0.496 e. The van der Waals surface area contributed by atoms with E-state index in [4.69, 9.17) is 14.9 Å². The predicted octanol–water partition coefficient (Wildman–Crippen LogP) is 4.14. The molecular formula is C19H15BrN2O3. The molecule has 0 aliphatic heterocycles. The molecule has 0 radical (unpaired) electrons. The van der Waals surface area contributed by atoms with E-state index in [1.165, 1.54) is 6.26 Å². The van der Waals surface area contributed by atoms with Gasteiger partial charge in [-0.15, -0.1) is 0 Å². The number of amides is 1. The quantitative estimate of drug-likeness (QED) is 0.655. The number of rotatable bonds is 5. The largest absolute Gasteiger partial charge is 0.496 e. The van der Waals surface area contributed by atoms with Crippen LogP contribution in [0, 0.1) is 0 Å². The molecule has 1 aromatic carbocycles. The minimum atomic E-state index is -0.545. The highest BCUT2D eigenvalue weighted by molar-refractivity contribution is 9.10. The molecule has 0 atom stereocenters. The van der Waals surface area contributed by atoms with Gasteiger partial charge in [0.1, 0.15) is 11.5 Å². The first kappa shape index (κ1) is 17.0. The van der Waals surface area contributed by atoms with Gasteiger partial charge in [0.05, 0.1) is 24.6 Å². The first-order valence-electron chi connectivity index (χ1n) is 7.44. The molecule has 0 aliphatic rings. The number of hydrogen-bond acceptors (Lipinski definition) is 4. The van der Waals surface area contributed by atoms with Gasteiger partial charge in [0.2, 0.25) is 5.91 Å². The summed E-state index contributed by atoms with van der Waals surface area (Å²) in [5, 5.41) is 0. The fraction of sp³-hybridized carbons (Fsp3) is 0.0526. The Morgan fingerprint density at radius 3 is 2.72 bits per heavy atom. The Hall–Kier alpha value is -2.86. The number of carbonyl (C=O) groups is 1. The fourth-order valence-corrected chi connectivity index (χ4v) is 2.66. The average molecular weight is 399 g/mol. The first-order chi connectivity index (χ1) is 12.1. The molecule has 2 N–H and O–H groups in total. The van der Waals surface area contributed by atoms with E-state index in [0.717, 1.165) is 15.7 Å². The van der Waals surface area contributed by atoms with E-state index in [1.807, 2.05) is 18.2 Å². The fourth-order valence-electron chi connectivity index (χ4n) is 2.42. The Bertz CT molecular complexity index is 916. The van der Waals surface area contributed by atoms with Crippen molar-refractivity contribution in [2.75, 3.05) is 7.11 Å². The van der Waals surface area contributed by atoms with Gasteiger partial charge in [0.25, 0.3) is 0 Å². The molecule has 0 spiro atoms. The van der Waals surface area contributed by atoms with Crippen molar-refractivity contribution in [1.29, 1.82) is 0 Å². The molecule has 126 valence electrons. The highest BCUT2D eigenvalue weighted by Crippen LogP contribution is 2.32. The number of pyridine rings is 1. The van der Waals surface area contributed by atoms with E-state index in [2.05, 4.69) is 20.9 Å². The second-order valence-electron chi connectivity index (χ2n) is 5.21. The Morgan fingerprint density at radius 1 is 1.28 bits per heavy atom. The summed E-state index contributed by atoms with van der Waals surface area (Å²) in [6.07, 6.45) is 4.85. The van der Waals surface area contributed by atoms with Crippen molar-refractivity contribution in [3.63, 3.8) is 0 Å². The number of nitrogens with two attached hydrogens (primary N) is 1. The van der Waals surface area contributed by atoms with E-state index >= 15 is 0 Å². The second-order valence-corrected chi connectivity index (χ2v) is 6.13. The molecule has 6 heteroatoms. The average Bonchev–Trinajstić information content (AvgIpc) is 3.13. The first-order valence-corrected chi connectivity index (χ1v) is 8.23. The molecule has 3 aromatic rings. The van der Waals surface area contributed by atoms with Gasteiger partial charge in [0.15, 0.2) is 0 Å². The van der Waals surface area contributed by atoms with Crippen LogP contribution in [0.1, 0.15) is 11.3 Å². The Morgan fingerprint density at radius 2 is 2.12 bits per heavy atom. The van der Waals surface area contributed by atoms with Gasteiger partial charge in [-0.25, -0.2) is 0 Å². The van der Waals surface area contributed by atoms with Crippen LogP contribution in [0.2, 0.25) is 0 Å². The Balaban J connectivity index is 2.12. The maximum atomic E-state index is 11.9. The molecule has 2 heterocycles. The van der Waals surface area contributed by atoms with Gasteiger partial charge < -0.3 is 14.9 Å². The van der Waals surface area contributed by atoms with Gasteiger partial charge in [-0.1, -0.05) is 6.07 Å². The molecule has 2 aromatic heterocycles. The van der Waals surface area contributed by atoms with Crippen LogP contribution in [0.4, 0.5) is 0 Å². The van der Waals surface area contributed by atoms with Crippen LogP contribution in [0.25, 0.3) is 22.9 Å². The van der Waals surface area contributed by atoms with Gasteiger partial charge in [-0.3, -0.25) is 9.78 Å². The highest BCUT2D eigenvalue weighted by atomic mass is 79.9. The SMILES string of the molecule is COc1ccc(C(=Cc2ccco2)C(N)=O)cc1-c1ccc(Br)cn1. The lowest BCUT2D eigenvalue weighted by molar-refractivity contribution is -0.112. The van der Waals surface area contributed by atoms with Crippen molar-refractivity contribution in [2.24, 2.45) is 5.73 Å². The molecule has 0 bridgehead atoms. The zero-order valence-corrected chi connectivity index (χ0v) is 15.0. The third-order valence-corrected chi connectivity index (χ3v) is 4.08. The van der Waals surface area contributed by atoms with E-state index in [1.54, 1.807) is 43.6 Å². The number of carbonyl (C=O) groups excluding carboxylic acids is 1. The molecule has 0 aliphatic carbocycles. The van der Waals surface area contributed by atoms with E-state index in [0.29, 0.717) is 22.6 Å². The van der Waals surface area contributed by atoms with Gasteiger partial charge >= 0.3 is 0 Å². The summed E-state index contributed by atoms with van der Waals surface area (Å²) in [7, 11) is 1.59. The molecule has 5 nitrogen and oxygen atoms in total. The molecule has 1 amide bonds. The van der Waals surface area contributed by atoms with Crippen molar-refractivity contribution in [2.45, 2.75) is 0 Å².